The molecule has 0 saturated carbocycles. The molecule has 1 aliphatic rings. The molecule has 0 radical (unpaired) electrons. The number of ether oxygens (including phenoxy) is 2. The molecule has 5 nitrogen and oxygen atoms in total. The minimum absolute atomic E-state index is 0.188. The van der Waals surface area contributed by atoms with Gasteiger partial charge in [0.15, 0.2) is 11.5 Å². The van der Waals surface area contributed by atoms with Crippen molar-refractivity contribution in [2.45, 2.75) is 0 Å². The van der Waals surface area contributed by atoms with E-state index in [0.717, 1.165) is 5.56 Å². The number of hydrogen-bond acceptors (Lipinski definition) is 5. The third kappa shape index (κ3) is 1.28. The van der Waals surface area contributed by atoms with Gasteiger partial charge in [0, 0.05) is 11.6 Å². The van der Waals surface area contributed by atoms with Crippen LogP contribution in [-0.4, -0.2) is 11.9 Å². The van der Waals surface area contributed by atoms with Gasteiger partial charge in [-0.2, -0.15) is 5.26 Å². The van der Waals surface area contributed by atoms with Crippen LogP contribution in [0, 0.1) is 11.3 Å². The average Bonchev–Trinajstić information content (AvgIpc) is 2.96. The van der Waals surface area contributed by atoms with E-state index in [4.69, 9.17) is 19.3 Å². The maximum atomic E-state index is 8.62. The monoisotopic (exact) mass is 214 g/mol. The van der Waals surface area contributed by atoms with Gasteiger partial charge < -0.3 is 14.0 Å². The van der Waals surface area contributed by atoms with Crippen LogP contribution >= 0.6 is 0 Å². The SMILES string of the molecule is N#Cc1cc(-c2ccc3c(c2)OCO3)no1. The highest BCUT2D eigenvalue weighted by Crippen LogP contribution is 2.35. The number of fused-ring (bicyclic) bond motifs is 1. The van der Waals surface area contributed by atoms with E-state index in [-0.39, 0.29) is 12.6 Å². The summed E-state index contributed by atoms with van der Waals surface area (Å²) in [7, 11) is 0. The standard InChI is InChI=1S/C11H6N2O3/c12-5-8-4-9(13-16-8)7-1-2-10-11(3-7)15-6-14-10/h1-4H,6H2. The summed E-state index contributed by atoms with van der Waals surface area (Å²) in [5, 5.41) is 12.4. The molecular formula is C11H6N2O3. The van der Waals surface area contributed by atoms with Gasteiger partial charge in [0.2, 0.25) is 12.6 Å². The largest absolute Gasteiger partial charge is 0.454 e. The van der Waals surface area contributed by atoms with Crippen LogP contribution in [0.4, 0.5) is 0 Å². The molecule has 0 amide bonds. The van der Waals surface area contributed by atoms with Crippen molar-refractivity contribution in [1.82, 2.24) is 5.16 Å². The van der Waals surface area contributed by atoms with Crippen LogP contribution in [0.5, 0.6) is 11.5 Å². The molecule has 1 aromatic carbocycles. The Hall–Kier alpha value is -2.48. The predicted molar refractivity (Wildman–Crippen MR) is 52.8 cm³/mol. The van der Waals surface area contributed by atoms with Crippen molar-refractivity contribution in [3.05, 3.63) is 30.0 Å². The highest BCUT2D eigenvalue weighted by Gasteiger charge is 2.15. The van der Waals surface area contributed by atoms with Crippen LogP contribution in [0.2, 0.25) is 0 Å². The van der Waals surface area contributed by atoms with Crippen molar-refractivity contribution in [1.29, 1.82) is 5.26 Å². The van der Waals surface area contributed by atoms with Crippen LogP contribution in [0.25, 0.3) is 11.3 Å². The van der Waals surface area contributed by atoms with Gasteiger partial charge in [-0.25, -0.2) is 0 Å². The fourth-order valence-electron chi connectivity index (χ4n) is 1.52. The van der Waals surface area contributed by atoms with Gasteiger partial charge in [0.05, 0.1) is 0 Å². The lowest BCUT2D eigenvalue weighted by atomic mass is 10.1. The van der Waals surface area contributed by atoms with Gasteiger partial charge >= 0.3 is 0 Å². The Balaban J connectivity index is 2.04. The number of nitriles is 1. The molecule has 0 atom stereocenters. The molecule has 0 spiro atoms. The van der Waals surface area contributed by atoms with E-state index in [9.17, 15) is 0 Å². The quantitative estimate of drug-likeness (QED) is 0.725. The van der Waals surface area contributed by atoms with Gasteiger partial charge in [0.25, 0.3) is 0 Å². The Kier molecular flexibility index (Phi) is 1.80. The molecule has 0 N–H and O–H groups in total. The Bertz CT molecular complexity index is 583. The molecule has 1 aromatic heterocycles. The van der Waals surface area contributed by atoms with E-state index in [0.29, 0.717) is 17.2 Å². The molecule has 3 rings (SSSR count). The Morgan fingerprint density at radius 2 is 2.06 bits per heavy atom. The lowest BCUT2D eigenvalue weighted by Crippen LogP contribution is -1.92. The third-order valence-electron chi connectivity index (χ3n) is 2.29. The highest BCUT2D eigenvalue weighted by atomic mass is 16.7. The van der Waals surface area contributed by atoms with Crippen LogP contribution < -0.4 is 9.47 Å². The molecule has 0 fully saturated rings. The first-order valence-corrected chi connectivity index (χ1v) is 4.63. The summed E-state index contributed by atoms with van der Waals surface area (Å²) in [6.07, 6.45) is 0. The van der Waals surface area contributed by atoms with Crippen molar-refractivity contribution < 1.29 is 14.0 Å². The van der Waals surface area contributed by atoms with E-state index < -0.39 is 0 Å². The second-order valence-electron chi connectivity index (χ2n) is 3.26. The summed E-state index contributed by atoms with van der Waals surface area (Å²) >= 11 is 0. The normalized spacial score (nSPS) is 12.4. The molecule has 0 unspecified atom stereocenters. The fraction of sp³-hybridized carbons (Fsp3) is 0.0909. The van der Waals surface area contributed by atoms with Crippen LogP contribution in [0.15, 0.2) is 28.8 Å². The van der Waals surface area contributed by atoms with Crippen LogP contribution in [-0.2, 0) is 0 Å². The van der Waals surface area contributed by atoms with Gasteiger partial charge in [0.1, 0.15) is 11.8 Å². The van der Waals surface area contributed by atoms with Crippen LogP contribution in [0.1, 0.15) is 5.76 Å². The van der Waals surface area contributed by atoms with E-state index in [1.165, 1.54) is 0 Å². The summed E-state index contributed by atoms with van der Waals surface area (Å²) in [6, 6.07) is 8.92. The number of hydrogen-bond donors (Lipinski definition) is 0. The first-order valence-electron chi connectivity index (χ1n) is 4.63. The number of rotatable bonds is 1. The van der Waals surface area contributed by atoms with Gasteiger partial charge in [-0.05, 0) is 18.2 Å². The predicted octanol–water partition coefficient (Wildman–Crippen LogP) is 1.94. The van der Waals surface area contributed by atoms with E-state index >= 15 is 0 Å². The lowest BCUT2D eigenvalue weighted by molar-refractivity contribution is 0.174. The van der Waals surface area contributed by atoms with E-state index in [2.05, 4.69) is 5.16 Å². The topological polar surface area (TPSA) is 68.3 Å². The molecule has 0 saturated heterocycles. The fourth-order valence-corrected chi connectivity index (χ4v) is 1.52. The maximum absolute atomic E-state index is 8.62. The highest BCUT2D eigenvalue weighted by molar-refractivity contribution is 5.64. The smallest absolute Gasteiger partial charge is 0.236 e. The summed E-state index contributed by atoms with van der Waals surface area (Å²) in [6.45, 7) is 0.237. The summed E-state index contributed by atoms with van der Waals surface area (Å²) in [5.74, 6) is 1.58. The third-order valence-corrected chi connectivity index (χ3v) is 2.29. The van der Waals surface area contributed by atoms with Crippen molar-refractivity contribution in [2.75, 3.05) is 6.79 Å². The second-order valence-corrected chi connectivity index (χ2v) is 3.26. The van der Waals surface area contributed by atoms with Crippen molar-refractivity contribution in [3.63, 3.8) is 0 Å². The maximum Gasteiger partial charge on any atom is 0.236 e. The van der Waals surface area contributed by atoms with Crippen molar-refractivity contribution in [3.8, 4) is 28.8 Å². The molecule has 0 bridgehead atoms. The van der Waals surface area contributed by atoms with E-state index in [1.807, 2.05) is 12.1 Å². The average molecular weight is 214 g/mol. The van der Waals surface area contributed by atoms with Crippen molar-refractivity contribution in [2.24, 2.45) is 0 Å². The number of benzene rings is 1. The zero-order chi connectivity index (χ0) is 11.0. The zero-order valence-electron chi connectivity index (χ0n) is 8.14. The molecule has 5 heteroatoms. The Morgan fingerprint density at radius 1 is 1.19 bits per heavy atom. The first kappa shape index (κ1) is 8.80. The van der Waals surface area contributed by atoms with Gasteiger partial charge in [-0.3, -0.25) is 0 Å². The molecule has 2 heterocycles. The zero-order valence-corrected chi connectivity index (χ0v) is 8.14. The molecule has 2 aromatic rings. The molecular weight excluding hydrogens is 208 g/mol. The second kappa shape index (κ2) is 3.28. The Labute approximate surface area is 90.8 Å². The minimum Gasteiger partial charge on any atom is -0.454 e. The van der Waals surface area contributed by atoms with Crippen molar-refractivity contribution >= 4 is 0 Å². The molecule has 0 aliphatic carbocycles. The molecule has 78 valence electrons. The minimum atomic E-state index is 0.188. The number of aromatic nitrogens is 1. The van der Waals surface area contributed by atoms with Crippen LogP contribution in [0.3, 0.4) is 0 Å². The van der Waals surface area contributed by atoms with Gasteiger partial charge in [-0.15, -0.1) is 0 Å². The summed E-state index contributed by atoms with van der Waals surface area (Å²) < 4.78 is 15.2. The lowest BCUT2D eigenvalue weighted by Gasteiger charge is -1.98. The van der Waals surface area contributed by atoms with Gasteiger partial charge in [-0.1, -0.05) is 5.16 Å². The molecule has 1 aliphatic heterocycles. The number of nitrogens with zero attached hydrogens (tertiary/aromatic N) is 2. The summed E-state index contributed by atoms with van der Waals surface area (Å²) in [4.78, 5) is 0. The molecule has 16 heavy (non-hydrogen) atoms. The van der Waals surface area contributed by atoms with E-state index in [1.54, 1.807) is 18.2 Å². The first-order chi connectivity index (χ1) is 7.86. The Morgan fingerprint density at radius 3 is 2.88 bits per heavy atom. The summed E-state index contributed by atoms with van der Waals surface area (Å²) in [5.41, 5.74) is 1.43.